The van der Waals surface area contributed by atoms with Gasteiger partial charge in [0.05, 0.1) is 17.2 Å². The molecule has 2 aromatic heterocycles. The summed E-state index contributed by atoms with van der Waals surface area (Å²) in [5.74, 6) is 1.79. The molecule has 0 aromatic carbocycles. The molecular weight excluding hydrogens is 244 g/mol. The molecule has 0 radical (unpaired) electrons. The van der Waals surface area contributed by atoms with E-state index >= 15 is 0 Å². The van der Waals surface area contributed by atoms with Crippen LogP contribution in [0.5, 0.6) is 0 Å². The Morgan fingerprint density at radius 1 is 1.17 bits per heavy atom. The van der Waals surface area contributed by atoms with Gasteiger partial charge in [0.1, 0.15) is 11.6 Å². The molecule has 0 atom stereocenters. The molecule has 0 aliphatic carbocycles. The Labute approximate surface area is 111 Å². The van der Waals surface area contributed by atoms with Crippen molar-refractivity contribution in [3.05, 3.63) is 34.3 Å². The minimum Gasteiger partial charge on any atom is -0.370 e. The maximum absolute atomic E-state index is 4.49. The zero-order valence-corrected chi connectivity index (χ0v) is 11.5. The second kappa shape index (κ2) is 6.35. The molecule has 2 N–H and O–H groups in total. The molecular formula is C13H18N4S. The second-order valence-corrected chi connectivity index (χ2v) is 5.11. The SMILES string of the molecule is CCCNc1cccc(NCc2csc(C)n2)n1. The number of pyridine rings is 1. The van der Waals surface area contributed by atoms with E-state index in [1.54, 1.807) is 11.3 Å². The van der Waals surface area contributed by atoms with Gasteiger partial charge >= 0.3 is 0 Å². The summed E-state index contributed by atoms with van der Waals surface area (Å²) >= 11 is 1.67. The van der Waals surface area contributed by atoms with Gasteiger partial charge in [0, 0.05) is 11.9 Å². The first-order valence-corrected chi connectivity index (χ1v) is 7.01. The number of aryl methyl sites for hydroxylation is 1. The molecule has 0 saturated heterocycles. The highest BCUT2D eigenvalue weighted by molar-refractivity contribution is 7.09. The summed E-state index contributed by atoms with van der Waals surface area (Å²) in [5, 5.41) is 9.72. The number of rotatable bonds is 6. The van der Waals surface area contributed by atoms with Crippen LogP contribution in [0.15, 0.2) is 23.6 Å². The number of aromatic nitrogens is 2. The molecule has 0 bridgehead atoms. The predicted molar refractivity (Wildman–Crippen MR) is 77.2 cm³/mol. The lowest BCUT2D eigenvalue weighted by atomic mass is 10.4. The highest BCUT2D eigenvalue weighted by atomic mass is 32.1. The molecule has 0 amide bonds. The Hall–Kier alpha value is -1.62. The zero-order valence-electron chi connectivity index (χ0n) is 10.7. The molecule has 0 unspecified atom stereocenters. The van der Waals surface area contributed by atoms with Gasteiger partial charge in [-0.15, -0.1) is 11.3 Å². The average Bonchev–Trinajstić information content (AvgIpc) is 2.80. The number of hydrogen-bond donors (Lipinski definition) is 2. The Morgan fingerprint density at radius 3 is 2.61 bits per heavy atom. The molecule has 96 valence electrons. The number of thiazole rings is 1. The first kappa shape index (κ1) is 12.8. The van der Waals surface area contributed by atoms with Crippen molar-refractivity contribution in [1.82, 2.24) is 9.97 Å². The summed E-state index contributed by atoms with van der Waals surface area (Å²) < 4.78 is 0. The fourth-order valence-electron chi connectivity index (χ4n) is 1.56. The lowest BCUT2D eigenvalue weighted by Gasteiger charge is -2.07. The van der Waals surface area contributed by atoms with Crippen LogP contribution in [-0.2, 0) is 6.54 Å². The van der Waals surface area contributed by atoms with Crippen molar-refractivity contribution in [2.75, 3.05) is 17.2 Å². The maximum atomic E-state index is 4.49. The number of hydrogen-bond acceptors (Lipinski definition) is 5. The third kappa shape index (κ3) is 3.70. The van der Waals surface area contributed by atoms with E-state index in [0.717, 1.165) is 35.3 Å². The summed E-state index contributed by atoms with van der Waals surface area (Å²) in [6.45, 7) is 5.82. The van der Waals surface area contributed by atoms with Gasteiger partial charge in [0.2, 0.25) is 0 Å². The van der Waals surface area contributed by atoms with Crippen LogP contribution in [0.1, 0.15) is 24.0 Å². The van der Waals surface area contributed by atoms with E-state index in [4.69, 9.17) is 0 Å². The first-order valence-electron chi connectivity index (χ1n) is 6.13. The van der Waals surface area contributed by atoms with E-state index < -0.39 is 0 Å². The number of nitrogens with zero attached hydrogens (tertiary/aromatic N) is 2. The standard InChI is InChI=1S/C13H18N4S/c1-3-7-14-12-5-4-6-13(17-12)15-8-11-9-18-10(2)16-11/h4-6,9H,3,7-8H2,1-2H3,(H2,14,15,17). The summed E-state index contributed by atoms with van der Waals surface area (Å²) in [7, 11) is 0. The maximum Gasteiger partial charge on any atom is 0.128 e. The van der Waals surface area contributed by atoms with Gasteiger partial charge < -0.3 is 10.6 Å². The van der Waals surface area contributed by atoms with Crippen molar-refractivity contribution >= 4 is 23.0 Å². The van der Waals surface area contributed by atoms with Gasteiger partial charge in [-0.1, -0.05) is 13.0 Å². The molecule has 0 saturated carbocycles. The monoisotopic (exact) mass is 262 g/mol. The van der Waals surface area contributed by atoms with E-state index in [0.29, 0.717) is 6.54 Å². The lowest BCUT2D eigenvalue weighted by Crippen LogP contribution is -2.05. The highest BCUT2D eigenvalue weighted by Crippen LogP contribution is 2.12. The van der Waals surface area contributed by atoms with Crippen LogP contribution in [0.25, 0.3) is 0 Å². The van der Waals surface area contributed by atoms with Crippen molar-refractivity contribution in [3.8, 4) is 0 Å². The van der Waals surface area contributed by atoms with E-state index in [-0.39, 0.29) is 0 Å². The van der Waals surface area contributed by atoms with Crippen LogP contribution in [0.2, 0.25) is 0 Å². The normalized spacial score (nSPS) is 10.3. The van der Waals surface area contributed by atoms with Crippen molar-refractivity contribution in [2.45, 2.75) is 26.8 Å². The molecule has 0 aliphatic heterocycles. The van der Waals surface area contributed by atoms with Crippen LogP contribution < -0.4 is 10.6 Å². The molecule has 2 aromatic rings. The van der Waals surface area contributed by atoms with Crippen molar-refractivity contribution < 1.29 is 0 Å². The minimum atomic E-state index is 0.717. The molecule has 0 fully saturated rings. The average molecular weight is 262 g/mol. The Bertz CT molecular complexity index is 495. The molecule has 0 spiro atoms. The molecule has 18 heavy (non-hydrogen) atoms. The summed E-state index contributed by atoms with van der Waals surface area (Å²) in [6.07, 6.45) is 1.09. The Balaban J connectivity index is 1.92. The van der Waals surface area contributed by atoms with Gasteiger partial charge in [-0.05, 0) is 25.5 Å². The smallest absolute Gasteiger partial charge is 0.128 e. The quantitative estimate of drug-likeness (QED) is 0.839. The molecule has 4 nitrogen and oxygen atoms in total. The van der Waals surface area contributed by atoms with Crippen LogP contribution in [0.4, 0.5) is 11.6 Å². The molecule has 0 aliphatic rings. The minimum absolute atomic E-state index is 0.717. The van der Waals surface area contributed by atoms with Gasteiger partial charge in [-0.2, -0.15) is 0 Å². The largest absolute Gasteiger partial charge is 0.370 e. The zero-order chi connectivity index (χ0) is 12.8. The first-order chi connectivity index (χ1) is 8.78. The Kier molecular flexibility index (Phi) is 4.52. The third-order valence-electron chi connectivity index (χ3n) is 2.42. The molecule has 2 heterocycles. The van der Waals surface area contributed by atoms with Crippen molar-refractivity contribution in [3.63, 3.8) is 0 Å². The van der Waals surface area contributed by atoms with E-state index in [2.05, 4.69) is 32.9 Å². The predicted octanol–water partition coefficient (Wildman–Crippen LogP) is 3.28. The fourth-order valence-corrected chi connectivity index (χ4v) is 2.17. The highest BCUT2D eigenvalue weighted by Gasteiger charge is 2.00. The van der Waals surface area contributed by atoms with E-state index in [1.165, 1.54) is 0 Å². The van der Waals surface area contributed by atoms with Gasteiger partial charge in [-0.3, -0.25) is 0 Å². The van der Waals surface area contributed by atoms with Crippen LogP contribution in [0.3, 0.4) is 0 Å². The summed E-state index contributed by atoms with van der Waals surface area (Å²) in [5.41, 5.74) is 1.06. The van der Waals surface area contributed by atoms with Crippen LogP contribution in [-0.4, -0.2) is 16.5 Å². The van der Waals surface area contributed by atoms with E-state index in [1.807, 2.05) is 25.1 Å². The van der Waals surface area contributed by atoms with Gasteiger partial charge in [0.15, 0.2) is 0 Å². The van der Waals surface area contributed by atoms with Crippen LogP contribution in [0, 0.1) is 6.92 Å². The van der Waals surface area contributed by atoms with Crippen molar-refractivity contribution in [1.29, 1.82) is 0 Å². The third-order valence-corrected chi connectivity index (χ3v) is 3.24. The summed E-state index contributed by atoms with van der Waals surface area (Å²) in [6, 6.07) is 5.95. The number of nitrogens with one attached hydrogen (secondary N) is 2. The van der Waals surface area contributed by atoms with E-state index in [9.17, 15) is 0 Å². The molecule has 5 heteroatoms. The second-order valence-electron chi connectivity index (χ2n) is 4.05. The number of anilines is 2. The van der Waals surface area contributed by atoms with Gasteiger partial charge in [-0.25, -0.2) is 9.97 Å². The van der Waals surface area contributed by atoms with Gasteiger partial charge in [0.25, 0.3) is 0 Å². The van der Waals surface area contributed by atoms with Crippen molar-refractivity contribution in [2.24, 2.45) is 0 Å². The Morgan fingerprint density at radius 2 is 1.94 bits per heavy atom. The van der Waals surface area contributed by atoms with Crippen LogP contribution >= 0.6 is 11.3 Å². The fraction of sp³-hybridized carbons (Fsp3) is 0.385. The molecule has 2 rings (SSSR count). The lowest BCUT2D eigenvalue weighted by molar-refractivity contribution is 0.966. The topological polar surface area (TPSA) is 49.8 Å². The summed E-state index contributed by atoms with van der Waals surface area (Å²) in [4.78, 5) is 8.90.